The number of carbonyl (C=O) groups excluding carboxylic acids is 1. The zero-order valence-corrected chi connectivity index (χ0v) is 14.3. The van der Waals surface area contributed by atoms with Crippen LogP contribution >= 0.6 is 0 Å². The number of phenolic OH excluding ortho intramolecular Hbond substituents is 1. The predicted molar refractivity (Wildman–Crippen MR) is 95.8 cm³/mol. The van der Waals surface area contributed by atoms with E-state index in [2.05, 4.69) is 11.9 Å². The van der Waals surface area contributed by atoms with Crippen molar-refractivity contribution in [2.45, 2.75) is 25.6 Å². The molecule has 0 fully saturated rings. The molecule has 0 saturated heterocycles. The van der Waals surface area contributed by atoms with E-state index in [1.807, 2.05) is 19.1 Å². The average molecular weight is 342 g/mol. The standard InChI is InChI=1S/C19H22N2O4/c1-4-5-6-12-10-21-15(7-11(12)2)18(23)20-14-9-16(22)17(25-3)8-13(14)19(21)24/h4-6,8-9,15,18,20,22-23H,1,7,10H2,2-3H3/b6-5-. The lowest BCUT2D eigenvalue weighted by molar-refractivity contribution is 0.0464. The lowest BCUT2D eigenvalue weighted by atomic mass is 9.93. The number of hydrogen-bond acceptors (Lipinski definition) is 5. The summed E-state index contributed by atoms with van der Waals surface area (Å²) in [5.74, 6) is -0.0748. The molecule has 2 aliphatic heterocycles. The van der Waals surface area contributed by atoms with Crippen LogP contribution in [0.2, 0.25) is 0 Å². The highest BCUT2D eigenvalue weighted by atomic mass is 16.5. The molecule has 0 aromatic heterocycles. The summed E-state index contributed by atoms with van der Waals surface area (Å²) >= 11 is 0. The van der Waals surface area contributed by atoms with Gasteiger partial charge in [-0.1, -0.05) is 30.4 Å². The van der Waals surface area contributed by atoms with Crippen LogP contribution in [0.4, 0.5) is 5.69 Å². The van der Waals surface area contributed by atoms with E-state index in [1.54, 1.807) is 11.0 Å². The molecule has 0 spiro atoms. The van der Waals surface area contributed by atoms with Crippen molar-refractivity contribution in [3.05, 3.63) is 53.6 Å². The van der Waals surface area contributed by atoms with Crippen LogP contribution in [0.3, 0.4) is 0 Å². The molecule has 1 aromatic rings. The first-order chi connectivity index (χ1) is 12.0. The van der Waals surface area contributed by atoms with Gasteiger partial charge in [-0.25, -0.2) is 0 Å². The third-order valence-electron chi connectivity index (χ3n) is 4.72. The van der Waals surface area contributed by atoms with Gasteiger partial charge in [0.2, 0.25) is 0 Å². The van der Waals surface area contributed by atoms with Gasteiger partial charge in [-0.3, -0.25) is 4.79 Å². The number of anilines is 1. The average Bonchev–Trinajstić information content (AvgIpc) is 2.68. The van der Waals surface area contributed by atoms with Gasteiger partial charge in [0, 0.05) is 12.6 Å². The maximum atomic E-state index is 13.1. The highest BCUT2D eigenvalue weighted by Gasteiger charge is 2.38. The van der Waals surface area contributed by atoms with Crippen molar-refractivity contribution < 1.29 is 19.7 Å². The predicted octanol–water partition coefficient (Wildman–Crippen LogP) is 2.42. The number of fused-ring (bicyclic) bond motifs is 2. The number of hydrogen-bond donors (Lipinski definition) is 3. The molecule has 6 heteroatoms. The number of nitrogens with zero attached hydrogens (tertiary/aromatic N) is 1. The topological polar surface area (TPSA) is 82.0 Å². The molecule has 1 amide bonds. The summed E-state index contributed by atoms with van der Waals surface area (Å²) in [5.41, 5.74) is 2.92. The van der Waals surface area contributed by atoms with E-state index in [-0.39, 0.29) is 23.4 Å². The molecule has 0 saturated carbocycles. The van der Waals surface area contributed by atoms with Gasteiger partial charge >= 0.3 is 0 Å². The molecule has 0 bridgehead atoms. The summed E-state index contributed by atoms with van der Waals surface area (Å²) in [4.78, 5) is 14.8. The van der Waals surface area contributed by atoms with E-state index in [9.17, 15) is 15.0 Å². The molecule has 0 radical (unpaired) electrons. The summed E-state index contributed by atoms with van der Waals surface area (Å²) in [5, 5.41) is 23.5. The number of methoxy groups -OCH3 is 1. The van der Waals surface area contributed by atoms with E-state index in [4.69, 9.17) is 4.74 Å². The Morgan fingerprint density at radius 3 is 2.88 bits per heavy atom. The Hall–Kier alpha value is -2.73. The number of aliphatic hydroxyl groups excluding tert-OH is 1. The number of ether oxygens (including phenoxy) is 1. The Bertz CT molecular complexity index is 782. The van der Waals surface area contributed by atoms with Crippen LogP contribution in [0, 0.1) is 0 Å². The molecule has 2 aliphatic rings. The van der Waals surface area contributed by atoms with E-state index in [0.29, 0.717) is 24.2 Å². The number of allylic oxidation sites excluding steroid dienone is 2. The lowest BCUT2D eigenvalue weighted by Gasteiger charge is -2.37. The first-order valence-electron chi connectivity index (χ1n) is 8.10. The van der Waals surface area contributed by atoms with Crippen LogP contribution in [0.1, 0.15) is 23.7 Å². The number of benzene rings is 1. The number of aromatic hydroxyl groups is 1. The highest BCUT2D eigenvalue weighted by molar-refractivity contribution is 6.01. The molecule has 2 atom stereocenters. The van der Waals surface area contributed by atoms with Gasteiger partial charge in [0.15, 0.2) is 11.5 Å². The number of phenols is 1. The van der Waals surface area contributed by atoms with Crippen molar-refractivity contribution in [3.63, 3.8) is 0 Å². The van der Waals surface area contributed by atoms with Crippen LogP contribution in [0.25, 0.3) is 0 Å². The number of nitrogens with one attached hydrogen (secondary N) is 1. The van der Waals surface area contributed by atoms with Crippen molar-refractivity contribution >= 4 is 11.6 Å². The van der Waals surface area contributed by atoms with E-state index in [0.717, 1.165) is 11.1 Å². The Kier molecular flexibility index (Phi) is 4.55. The molecule has 2 heterocycles. The fourth-order valence-corrected chi connectivity index (χ4v) is 3.31. The van der Waals surface area contributed by atoms with Gasteiger partial charge in [0.05, 0.1) is 24.4 Å². The lowest BCUT2D eigenvalue weighted by Crippen LogP contribution is -2.50. The monoisotopic (exact) mass is 342 g/mol. The SMILES string of the molecule is C=C/C=C\C1=C(C)CC2C(O)Nc3cc(O)c(OC)cc3C(=O)N2C1. The van der Waals surface area contributed by atoms with Crippen molar-refractivity contribution in [1.82, 2.24) is 4.90 Å². The second kappa shape index (κ2) is 6.64. The van der Waals surface area contributed by atoms with Crippen LogP contribution in [0.15, 0.2) is 48.1 Å². The molecular formula is C19H22N2O4. The van der Waals surface area contributed by atoms with Crippen LogP contribution in [-0.2, 0) is 0 Å². The third-order valence-corrected chi connectivity index (χ3v) is 4.72. The second-order valence-corrected chi connectivity index (χ2v) is 6.26. The van der Waals surface area contributed by atoms with Crippen LogP contribution in [0.5, 0.6) is 11.5 Å². The van der Waals surface area contributed by atoms with Gasteiger partial charge < -0.3 is 25.2 Å². The van der Waals surface area contributed by atoms with Crippen molar-refractivity contribution in [3.8, 4) is 11.5 Å². The minimum Gasteiger partial charge on any atom is -0.504 e. The van der Waals surface area contributed by atoms with Crippen LogP contribution in [-0.4, -0.2) is 46.9 Å². The summed E-state index contributed by atoms with van der Waals surface area (Å²) < 4.78 is 5.11. The quantitative estimate of drug-likeness (QED) is 0.735. The number of rotatable bonds is 3. The van der Waals surface area contributed by atoms with Gasteiger partial charge in [0.25, 0.3) is 5.91 Å². The van der Waals surface area contributed by atoms with Crippen molar-refractivity contribution in [1.29, 1.82) is 0 Å². The fourth-order valence-electron chi connectivity index (χ4n) is 3.31. The van der Waals surface area contributed by atoms with Crippen LogP contribution < -0.4 is 10.1 Å². The van der Waals surface area contributed by atoms with Crippen molar-refractivity contribution in [2.24, 2.45) is 0 Å². The Labute approximate surface area is 146 Å². The Morgan fingerprint density at radius 1 is 1.44 bits per heavy atom. The molecule has 3 N–H and O–H groups in total. The Morgan fingerprint density at radius 2 is 2.20 bits per heavy atom. The second-order valence-electron chi connectivity index (χ2n) is 6.26. The molecule has 3 rings (SSSR count). The fraction of sp³-hybridized carbons (Fsp3) is 0.316. The molecule has 1 aromatic carbocycles. The highest BCUT2D eigenvalue weighted by Crippen LogP contribution is 2.37. The maximum absolute atomic E-state index is 13.1. The zero-order chi connectivity index (χ0) is 18.1. The molecule has 2 unspecified atom stereocenters. The maximum Gasteiger partial charge on any atom is 0.256 e. The minimum absolute atomic E-state index is 0.0856. The Balaban J connectivity index is 2.04. The van der Waals surface area contributed by atoms with Gasteiger partial charge in [-0.05, 0) is 25.0 Å². The molecule has 0 aliphatic carbocycles. The smallest absolute Gasteiger partial charge is 0.256 e. The summed E-state index contributed by atoms with van der Waals surface area (Å²) in [6.45, 7) is 6.08. The normalized spacial score (nSPS) is 23.0. The first kappa shape index (κ1) is 17.1. The molecular weight excluding hydrogens is 320 g/mol. The minimum atomic E-state index is -0.933. The molecule has 25 heavy (non-hydrogen) atoms. The summed E-state index contributed by atoms with van der Waals surface area (Å²) in [6.07, 6.45) is 5.10. The van der Waals surface area contributed by atoms with Gasteiger partial charge in [-0.2, -0.15) is 0 Å². The number of carbonyl (C=O) groups is 1. The summed E-state index contributed by atoms with van der Waals surface area (Å²) in [6, 6.07) is 2.53. The number of aliphatic hydroxyl groups is 1. The molecule has 6 nitrogen and oxygen atoms in total. The third kappa shape index (κ3) is 3.00. The van der Waals surface area contributed by atoms with Gasteiger partial charge in [-0.15, -0.1) is 0 Å². The zero-order valence-electron chi connectivity index (χ0n) is 14.3. The van der Waals surface area contributed by atoms with E-state index in [1.165, 1.54) is 19.2 Å². The first-order valence-corrected chi connectivity index (χ1v) is 8.10. The van der Waals surface area contributed by atoms with E-state index >= 15 is 0 Å². The largest absolute Gasteiger partial charge is 0.504 e. The summed E-state index contributed by atoms with van der Waals surface area (Å²) in [7, 11) is 1.43. The van der Waals surface area contributed by atoms with Crippen molar-refractivity contribution in [2.75, 3.05) is 19.0 Å². The van der Waals surface area contributed by atoms with E-state index < -0.39 is 6.23 Å². The number of amides is 1. The molecule has 132 valence electrons. The van der Waals surface area contributed by atoms with Gasteiger partial charge in [0.1, 0.15) is 6.23 Å².